The molecule has 0 bridgehead atoms. The van der Waals surface area contributed by atoms with Crippen molar-refractivity contribution in [2.75, 3.05) is 13.1 Å². The molecular weight excluding hydrogens is 300 g/mol. The van der Waals surface area contributed by atoms with Gasteiger partial charge in [0.1, 0.15) is 0 Å². The van der Waals surface area contributed by atoms with Crippen LogP contribution in [-0.4, -0.2) is 24.0 Å². The normalized spacial score (nSPS) is 18.2. The summed E-state index contributed by atoms with van der Waals surface area (Å²) in [6, 6.07) is 7.73. The first-order chi connectivity index (χ1) is 9.17. The first-order valence-electron chi connectivity index (χ1n) is 7.39. The maximum absolute atomic E-state index is 6.08. The summed E-state index contributed by atoms with van der Waals surface area (Å²) in [6.45, 7) is 6.15. The number of rotatable bonds is 5. The van der Waals surface area contributed by atoms with Crippen molar-refractivity contribution in [2.45, 2.75) is 51.6 Å². The molecule has 1 aromatic rings. The third kappa shape index (κ3) is 3.39. The molecule has 2 N–H and O–H groups in total. The van der Waals surface area contributed by atoms with Crippen LogP contribution in [0.5, 0.6) is 0 Å². The molecule has 19 heavy (non-hydrogen) atoms. The van der Waals surface area contributed by atoms with Crippen molar-refractivity contribution < 1.29 is 0 Å². The van der Waals surface area contributed by atoms with Gasteiger partial charge >= 0.3 is 0 Å². The molecule has 1 aromatic carbocycles. The average Bonchev–Trinajstić information content (AvgIpc) is 2.93. The predicted octanol–water partition coefficient (Wildman–Crippen LogP) is 4.02. The molecule has 0 aromatic heterocycles. The summed E-state index contributed by atoms with van der Waals surface area (Å²) >= 11 is 3.64. The first kappa shape index (κ1) is 15.0. The summed E-state index contributed by atoms with van der Waals surface area (Å²) in [4.78, 5) is 2.60. The molecule has 0 amide bonds. The molecule has 0 spiro atoms. The Bertz CT molecular complexity index is 413. The molecule has 106 valence electrons. The number of benzene rings is 1. The molecule has 1 aliphatic carbocycles. The van der Waals surface area contributed by atoms with E-state index >= 15 is 0 Å². The third-order valence-electron chi connectivity index (χ3n) is 4.36. The zero-order valence-corrected chi connectivity index (χ0v) is 13.6. The van der Waals surface area contributed by atoms with E-state index in [9.17, 15) is 0 Å². The van der Waals surface area contributed by atoms with Crippen LogP contribution in [0.2, 0.25) is 0 Å². The van der Waals surface area contributed by atoms with E-state index in [-0.39, 0.29) is 0 Å². The summed E-state index contributed by atoms with van der Waals surface area (Å²) in [7, 11) is 0. The van der Waals surface area contributed by atoms with E-state index in [1.807, 2.05) is 0 Å². The van der Waals surface area contributed by atoms with Crippen LogP contribution in [0.4, 0.5) is 0 Å². The minimum Gasteiger partial charge on any atom is -0.329 e. The second kappa shape index (κ2) is 6.87. The molecule has 1 saturated carbocycles. The van der Waals surface area contributed by atoms with Crippen LogP contribution < -0.4 is 5.73 Å². The highest BCUT2D eigenvalue weighted by Crippen LogP contribution is 2.32. The van der Waals surface area contributed by atoms with Gasteiger partial charge in [0.25, 0.3) is 0 Å². The topological polar surface area (TPSA) is 29.3 Å². The SMILES string of the molecule is CCN(C1CCCC1)C(CN)c1ccc(C)c(Br)c1. The van der Waals surface area contributed by atoms with Crippen molar-refractivity contribution in [3.63, 3.8) is 0 Å². The zero-order chi connectivity index (χ0) is 13.8. The molecule has 3 heteroatoms. The van der Waals surface area contributed by atoms with Gasteiger partial charge in [0.2, 0.25) is 0 Å². The van der Waals surface area contributed by atoms with Crippen molar-refractivity contribution >= 4 is 15.9 Å². The summed E-state index contributed by atoms with van der Waals surface area (Å²) in [6.07, 6.45) is 5.40. The lowest BCUT2D eigenvalue weighted by molar-refractivity contribution is 0.147. The van der Waals surface area contributed by atoms with E-state index in [2.05, 4.69) is 52.9 Å². The van der Waals surface area contributed by atoms with Crippen LogP contribution >= 0.6 is 15.9 Å². The minimum absolute atomic E-state index is 0.352. The van der Waals surface area contributed by atoms with Gasteiger partial charge in [0.05, 0.1) is 0 Å². The van der Waals surface area contributed by atoms with E-state index in [1.54, 1.807) is 0 Å². The van der Waals surface area contributed by atoms with Crippen LogP contribution in [0.3, 0.4) is 0 Å². The fourth-order valence-corrected chi connectivity index (χ4v) is 3.64. The van der Waals surface area contributed by atoms with Gasteiger partial charge in [0, 0.05) is 23.1 Å². The molecule has 0 radical (unpaired) electrons. The van der Waals surface area contributed by atoms with Crippen LogP contribution in [0, 0.1) is 6.92 Å². The molecule has 0 heterocycles. The van der Waals surface area contributed by atoms with Crippen LogP contribution in [-0.2, 0) is 0 Å². The smallest absolute Gasteiger partial charge is 0.0473 e. The standard InChI is InChI=1S/C16H25BrN2/c1-3-19(14-6-4-5-7-14)16(11-18)13-9-8-12(2)15(17)10-13/h8-10,14,16H,3-7,11,18H2,1-2H3. The van der Waals surface area contributed by atoms with Crippen molar-refractivity contribution in [1.29, 1.82) is 0 Å². The number of nitrogens with zero attached hydrogens (tertiary/aromatic N) is 1. The van der Waals surface area contributed by atoms with E-state index < -0.39 is 0 Å². The maximum Gasteiger partial charge on any atom is 0.0473 e. The summed E-state index contributed by atoms with van der Waals surface area (Å²) in [5.41, 5.74) is 8.70. The molecule has 0 aliphatic heterocycles. The van der Waals surface area contributed by atoms with Gasteiger partial charge in [-0.3, -0.25) is 4.90 Å². The van der Waals surface area contributed by atoms with Crippen LogP contribution in [0.1, 0.15) is 49.8 Å². The first-order valence-corrected chi connectivity index (χ1v) is 8.18. The Morgan fingerprint density at radius 2 is 2.05 bits per heavy atom. The van der Waals surface area contributed by atoms with Gasteiger partial charge in [0.15, 0.2) is 0 Å². The van der Waals surface area contributed by atoms with E-state index in [0.29, 0.717) is 12.6 Å². The predicted molar refractivity (Wildman–Crippen MR) is 85.3 cm³/mol. The lowest BCUT2D eigenvalue weighted by Gasteiger charge is -2.35. The monoisotopic (exact) mass is 324 g/mol. The maximum atomic E-state index is 6.08. The molecule has 0 saturated heterocycles. The lowest BCUT2D eigenvalue weighted by Crippen LogP contribution is -2.40. The van der Waals surface area contributed by atoms with Crippen molar-refractivity contribution in [1.82, 2.24) is 4.90 Å². The van der Waals surface area contributed by atoms with Gasteiger partial charge in [-0.05, 0) is 43.5 Å². The molecular formula is C16H25BrN2. The van der Waals surface area contributed by atoms with Crippen molar-refractivity contribution in [3.05, 3.63) is 33.8 Å². The fraction of sp³-hybridized carbons (Fsp3) is 0.625. The Kier molecular flexibility index (Phi) is 5.43. The minimum atomic E-state index is 0.352. The number of nitrogens with two attached hydrogens (primary N) is 1. The van der Waals surface area contributed by atoms with Gasteiger partial charge in [-0.1, -0.05) is 47.8 Å². The molecule has 1 fully saturated rings. The number of halogens is 1. The zero-order valence-electron chi connectivity index (χ0n) is 12.0. The second-order valence-electron chi connectivity index (χ2n) is 5.53. The number of aryl methyl sites for hydroxylation is 1. The van der Waals surface area contributed by atoms with E-state index in [0.717, 1.165) is 12.6 Å². The largest absolute Gasteiger partial charge is 0.329 e. The Morgan fingerprint density at radius 3 is 2.58 bits per heavy atom. The Morgan fingerprint density at radius 1 is 1.37 bits per heavy atom. The Labute approximate surface area is 125 Å². The highest BCUT2D eigenvalue weighted by atomic mass is 79.9. The van der Waals surface area contributed by atoms with E-state index in [1.165, 1.54) is 41.3 Å². The van der Waals surface area contributed by atoms with Gasteiger partial charge < -0.3 is 5.73 Å². The van der Waals surface area contributed by atoms with Gasteiger partial charge in [-0.15, -0.1) is 0 Å². The average molecular weight is 325 g/mol. The molecule has 2 nitrogen and oxygen atoms in total. The third-order valence-corrected chi connectivity index (χ3v) is 5.22. The summed E-state index contributed by atoms with van der Waals surface area (Å²) in [5, 5.41) is 0. The fourth-order valence-electron chi connectivity index (χ4n) is 3.25. The quantitative estimate of drug-likeness (QED) is 0.886. The highest BCUT2D eigenvalue weighted by molar-refractivity contribution is 9.10. The number of hydrogen-bond acceptors (Lipinski definition) is 2. The molecule has 1 unspecified atom stereocenters. The Balaban J connectivity index is 2.23. The Hall–Kier alpha value is -0.380. The van der Waals surface area contributed by atoms with Crippen LogP contribution in [0.25, 0.3) is 0 Å². The number of hydrogen-bond donors (Lipinski definition) is 1. The lowest BCUT2D eigenvalue weighted by atomic mass is 10.0. The van der Waals surface area contributed by atoms with Crippen molar-refractivity contribution in [2.24, 2.45) is 5.73 Å². The summed E-state index contributed by atoms with van der Waals surface area (Å²) in [5.74, 6) is 0. The summed E-state index contributed by atoms with van der Waals surface area (Å²) < 4.78 is 1.19. The molecule has 1 aliphatic rings. The van der Waals surface area contributed by atoms with Crippen molar-refractivity contribution in [3.8, 4) is 0 Å². The van der Waals surface area contributed by atoms with Gasteiger partial charge in [-0.25, -0.2) is 0 Å². The molecule has 2 rings (SSSR count). The highest BCUT2D eigenvalue weighted by Gasteiger charge is 2.27. The van der Waals surface area contributed by atoms with Gasteiger partial charge in [-0.2, -0.15) is 0 Å². The van der Waals surface area contributed by atoms with Crippen LogP contribution in [0.15, 0.2) is 22.7 Å². The second-order valence-corrected chi connectivity index (χ2v) is 6.38. The number of likely N-dealkylation sites (N-methyl/N-ethyl adjacent to an activating group) is 1. The van der Waals surface area contributed by atoms with E-state index in [4.69, 9.17) is 5.73 Å². The molecule has 1 atom stereocenters.